The van der Waals surface area contributed by atoms with E-state index in [4.69, 9.17) is 16.3 Å². The maximum Gasteiger partial charge on any atom is 0.257 e. The van der Waals surface area contributed by atoms with E-state index >= 15 is 0 Å². The van der Waals surface area contributed by atoms with E-state index in [1.54, 1.807) is 47.4 Å². The molecule has 10 heteroatoms. The number of carbonyl (C=O) groups excluding carboxylic acids is 2. The van der Waals surface area contributed by atoms with Gasteiger partial charge in [0.2, 0.25) is 5.95 Å². The fraction of sp³-hybridized carbons (Fsp3) is 0.250. The SMILES string of the molecule is COc1ccc(Cl)c(C(=O)Nc2cnc(Nc3cccc(C(=O)N(CCO)C(C)C)c3)nc2)c1. The zero-order valence-corrected chi connectivity index (χ0v) is 19.8. The molecule has 9 nitrogen and oxygen atoms in total. The van der Waals surface area contributed by atoms with Crippen molar-refractivity contribution in [3.8, 4) is 5.75 Å². The average Bonchev–Trinajstić information content (AvgIpc) is 2.83. The second-order valence-electron chi connectivity index (χ2n) is 7.62. The first-order valence-electron chi connectivity index (χ1n) is 10.6. The molecule has 1 heterocycles. The lowest BCUT2D eigenvalue weighted by molar-refractivity contribution is 0.0665. The Bertz CT molecular complexity index is 1150. The van der Waals surface area contributed by atoms with Crippen molar-refractivity contribution < 1.29 is 19.4 Å². The van der Waals surface area contributed by atoms with Crippen LogP contribution in [-0.4, -0.2) is 58.1 Å². The number of anilines is 3. The highest BCUT2D eigenvalue weighted by molar-refractivity contribution is 6.34. The van der Waals surface area contributed by atoms with Crippen LogP contribution in [0.2, 0.25) is 5.02 Å². The molecule has 3 N–H and O–H groups in total. The Morgan fingerprint density at radius 2 is 1.85 bits per heavy atom. The first kappa shape index (κ1) is 24.9. The van der Waals surface area contributed by atoms with Crippen LogP contribution in [0, 0.1) is 0 Å². The van der Waals surface area contributed by atoms with Crippen molar-refractivity contribution in [2.45, 2.75) is 19.9 Å². The number of aliphatic hydroxyl groups is 1. The Hall–Kier alpha value is -3.69. The molecule has 0 aliphatic carbocycles. The number of methoxy groups -OCH3 is 1. The van der Waals surface area contributed by atoms with Crippen LogP contribution in [0.3, 0.4) is 0 Å². The number of benzene rings is 2. The Morgan fingerprint density at radius 3 is 2.50 bits per heavy atom. The molecule has 0 unspecified atom stereocenters. The fourth-order valence-electron chi connectivity index (χ4n) is 3.19. The van der Waals surface area contributed by atoms with Gasteiger partial charge in [0.1, 0.15) is 5.75 Å². The molecule has 2 aromatic carbocycles. The maximum absolute atomic E-state index is 12.8. The van der Waals surface area contributed by atoms with Crippen molar-refractivity contribution >= 4 is 40.7 Å². The molecule has 0 saturated heterocycles. The summed E-state index contributed by atoms with van der Waals surface area (Å²) in [6, 6.07) is 11.7. The van der Waals surface area contributed by atoms with Gasteiger partial charge in [-0.15, -0.1) is 0 Å². The van der Waals surface area contributed by atoms with Crippen LogP contribution in [0.5, 0.6) is 5.75 Å². The predicted molar refractivity (Wildman–Crippen MR) is 131 cm³/mol. The largest absolute Gasteiger partial charge is 0.497 e. The normalized spacial score (nSPS) is 10.6. The van der Waals surface area contributed by atoms with Crippen molar-refractivity contribution in [1.82, 2.24) is 14.9 Å². The van der Waals surface area contributed by atoms with Crippen molar-refractivity contribution in [2.75, 3.05) is 30.9 Å². The summed E-state index contributed by atoms with van der Waals surface area (Å²) >= 11 is 6.12. The van der Waals surface area contributed by atoms with Crippen LogP contribution in [0.15, 0.2) is 54.9 Å². The van der Waals surface area contributed by atoms with Gasteiger partial charge in [-0.2, -0.15) is 0 Å². The number of halogens is 1. The number of ether oxygens (including phenoxy) is 1. The molecule has 0 fully saturated rings. The third-order valence-electron chi connectivity index (χ3n) is 4.92. The molecule has 1 aromatic heterocycles. The third-order valence-corrected chi connectivity index (χ3v) is 5.25. The molecule has 178 valence electrons. The number of amides is 2. The van der Waals surface area contributed by atoms with Crippen molar-refractivity contribution in [3.63, 3.8) is 0 Å². The summed E-state index contributed by atoms with van der Waals surface area (Å²) in [7, 11) is 1.51. The number of hydrogen-bond donors (Lipinski definition) is 3. The van der Waals surface area contributed by atoms with E-state index in [0.29, 0.717) is 27.7 Å². The van der Waals surface area contributed by atoms with Crippen LogP contribution in [-0.2, 0) is 0 Å². The quantitative estimate of drug-likeness (QED) is 0.421. The van der Waals surface area contributed by atoms with E-state index in [9.17, 15) is 14.7 Å². The minimum Gasteiger partial charge on any atom is -0.497 e. The Labute approximate surface area is 202 Å². The summed E-state index contributed by atoms with van der Waals surface area (Å²) in [5.41, 5.74) is 1.75. The van der Waals surface area contributed by atoms with E-state index in [1.807, 2.05) is 13.8 Å². The summed E-state index contributed by atoms with van der Waals surface area (Å²) in [6.45, 7) is 3.94. The average molecular weight is 484 g/mol. The smallest absolute Gasteiger partial charge is 0.257 e. The zero-order chi connectivity index (χ0) is 24.7. The Morgan fingerprint density at radius 1 is 1.12 bits per heavy atom. The lowest BCUT2D eigenvalue weighted by Gasteiger charge is -2.26. The van der Waals surface area contributed by atoms with Crippen LogP contribution in [0.25, 0.3) is 0 Å². The van der Waals surface area contributed by atoms with Crippen molar-refractivity contribution in [1.29, 1.82) is 0 Å². The maximum atomic E-state index is 12.8. The second-order valence-corrected chi connectivity index (χ2v) is 8.02. The number of rotatable bonds is 9. The number of nitrogens with zero attached hydrogens (tertiary/aromatic N) is 3. The highest BCUT2D eigenvalue weighted by Crippen LogP contribution is 2.23. The van der Waals surface area contributed by atoms with Gasteiger partial charge in [0, 0.05) is 23.8 Å². The van der Waals surface area contributed by atoms with Gasteiger partial charge in [-0.25, -0.2) is 9.97 Å². The second kappa shape index (κ2) is 11.4. The van der Waals surface area contributed by atoms with Gasteiger partial charge in [-0.05, 0) is 50.2 Å². The van der Waals surface area contributed by atoms with Crippen LogP contribution in [0.1, 0.15) is 34.6 Å². The van der Waals surface area contributed by atoms with Gasteiger partial charge in [-0.3, -0.25) is 9.59 Å². The molecule has 0 saturated carbocycles. The molecule has 0 spiro atoms. The molecular weight excluding hydrogens is 458 g/mol. The summed E-state index contributed by atoms with van der Waals surface area (Å²) in [5.74, 6) is 0.205. The van der Waals surface area contributed by atoms with Crippen LogP contribution < -0.4 is 15.4 Å². The lowest BCUT2D eigenvalue weighted by atomic mass is 10.1. The monoisotopic (exact) mass is 483 g/mol. The minimum atomic E-state index is -0.419. The van der Waals surface area contributed by atoms with E-state index in [2.05, 4.69) is 20.6 Å². The molecule has 2 amide bonds. The standard InChI is InChI=1S/C24H26ClN5O4/c1-15(2)30(9-10-31)23(33)16-5-4-6-17(11-16)29-24-26-13-18(14-27-24)28-22(32)20-12-19(34-3)7-8-21(20)25/h4-8,11-15,31H,9-10H2,1-3H3,(H,28,32)(H,26,27,29). The molecule has 0 aliphatic heterocycles. The molecule has 0 aliphatic rings. The van der Waals surface area contributed by atoms with Gasteiger partial charge in [0.05, 0.1) is 42.4 Å². The summed E-state index contributed by atoms with van der Waals surface area (Å²) in [6.07, 6.45) is 2.91. The number of nitrogens with one attached hydrogen (secondary N) is 2. The predicted octanol–water partition coefficient (Wildman–Crippen LogP) is 3.98. The van der Waals surface area contributed by atoms with E-state index in [0.717, 1.165) is 0 Å². The number of carbonyl (C=O) groups is 2. The highest BCUT2D eigenvalue weighted by atomic mass is 35.5. The van der Waals surface area contributed by atoms with E-state index in [-0.39, 0.29) is 36.6 Å². The summed E-state index contributed by atoms with van der Waals surface area (Å²) in [5, 5.41) is 15.3. The number of aromatic nitrogens is 2. The zero-order valence-electron chi connectivity index (χ0n) is 19.1. The molecule has 3 rings (SSSR count). The van der Waals surface area contributed by atoms with Gasteiger partial charge in [0.15, 0.2) is 0 Å². The van der Waals surface area contributed by atoms with Gasteiger partial charge >= 0.3 is 0 Å². The topological polar surface area (TPSA) is 117 Å². The van der Waals surface area contributed by atoms with Gasteiger partial charge < -0.3 is 25.4 Å². The molecule has 3 aromatic rings. The van der Waals surface area contributed by atoms with Gasteiger partial charge in [0.25, 0.3) is 11.8 Å². The highest BCUT2D eigenvalue weighted by Gasteiger charge is 2.18. The summed E-state index contributed by atoms with van der Waals surface area (Å²) < 4.78 is 5.14. The van der Waals surface area contributed by atoms with E-state index < -0.39 is 5.91 Å². The van der Waals surface area contributed by atoms with E-state index in [1.165, 1.54) is 19.5 Å². The molecular formula is C24H26ClN5O4. The first-order chi connectivity index (χ1) is 16.3. The molecule has 0 radical (unpaired) electrons. The minimum absolute atomic E-state index is 0.0470. The van der Waals surface area contributed by atoms with Crippen molar-refractivity contribution in [3.05, 3.63) is 71.0 Å². The lowest BCUT2D eigenvalue weighted by Crippen LogP contribution is -2.39. The molecule has 0 bridgehead atoms. The molecule has 0 atom stereocenters. The van der Waals surface area contributed by atoms with Crippen LogP contribution >= 0.6 is 11.6 Å². The van der Waals surface area contributed by atoms with Crippen LogP contribution in [0.4, 0.5) is 17.3 Å². The fourth-order valence-corrected chi connectivity index (χ4v) is 3.39. The summed E-state index contributed by atoms with van der Waals surface area (Å²) in [4.78, 5) is 35.4. The number of aliphatic hydroxyl groups excluding tert-OH is 1. The first-order valence-corrected chi connectivity index (χ1v) is 11.0. The molecule has 34 heavy (non-hydrogen) atoms. The Balaban J connectivity index is 1.69. The van der Waals surface area contributed by atoms with Crippen molar-refractivity contribution in [2.24, 2.45) is 0 Å². The Kier molecular flexibility index (Phi) is 8.39. The van der Waals surface area contributed by atoms with Gasteiger partial charge in [-0.1, -0.05) is 17.7 Å². The third kappa shape index (κ3) is 6.21. The number of hydrogen-bond acceptors (Lipinski definition) is 7.